The first kappa shape index (κ1) is 13.2. The van der Waals surface area contributed by atoms with Crippen LogP contribution in [0.2, 0.25) is 0 Å². The van der Waals surface area contributed by atoms with E-state index in [0.29, 0.717) is 17.4 Å². The van der Waals surface area contributed by atoms with Crippen LogP contribution >= 0.6 is 11.8 Å². The summed E-state index contributed by atoms with van der Waals surface area (Å²) in [6.45, 7) is 0.907. The molecule has 5 heteroatoms. The second-order valence-electron chi connectivity index (χ2n) is 4.29. The van der Waals surface area contributed by atoms with Crippen molar-refractivity contribution in [1.29, 1.82) is 0 Å². The third-order valence-corrected chi connectivity index (χ3v) is 4.31. The van der Waals surface area contributed by atoms with Crippen LogP contribution in [0.5, 0.6) is 0 Å². The van der Waals surface area contributed by atoms with Gasteiger partial charge in [-0.15, -0.1) is 0 Å². The zero-order valence-corrected chi connectivity index (χ0v) is 10.9. The number of urea groups is 1. The van der Waals surface area contributed by atoms with Crippen molar-refractivity contribution < 1.29 is 9.18 Å². The number of nitrogens with one attached hydrogen (secondary N) is 2. The fraction of sp³-hybridized carbons (Fsp3) is 0.462. The second-order valence-corrected chi connectivity index (χ2v) is 5.70. The summed E-state index contributed by atoms with van der Waals surface area (Å²) in [6.07, 6.45) is 2.39. The van der Waals surface area contributed by atoms with Gasteiger partial charge in [-0.1, -0.05) is 18.2 Å². The molecule has 1 heterocycles. The largest absolute Gasteiger partial charge is 0.337 e. The molecule has 0 spiro atoms. The summed E-state index contributed by atoms with van der Waals surface area (Å²) in [4.78, 5) is 11.5. The highest BCUT2D eigenvalue weighted by atomic mass is 32.2. The van der Waals surface area contributed by atoms with Gasteiger partial charge in [-0.3, -0.25) is 0 Å². The molecule has 0 saturated carbocycles. The number of thioether (sulfide) groups is 1. The lowest BCUT2D eigenvalue weighted by Gasteiger charge is -2.11. The van der Waals surface area contributed by atoms with E-state index in [1.165, 1.54) is 18.2 Å². The maximum atomic E-state index is 13.3. The zero-order chi connectivity index (χ0) is 12.8. The normalized spacial score (nSPS) is 18.6. The molecule has 1 fully saturated rings. The summed E-state index contributed by atoms with van der Waals surface area (Å²) < 4.78 is 13.3. The third-order valence-electron chi connectivity index (χ3n) is 2.91. The van der Waals surface area contributed by atoms with Gasteiger partial charge in [-0.2, -0.15) is 11.8 Å². The van der Waals surface area contributed by atoms with E-state index >= 15 is 0 Å². The Hall–Kier alpha value is -1.23. The average molecular weight is 268 g/mol. The maximum Gasteiger partial charge on any atom is 0.315 e. The first-order valence-electron chi connectivity index (χ1n) is 6.12. The minimum absolute atomic E-state index is 0.219. The molecule has 2 rings (SSSR count). The van der Waals surface area contributed by atoms with Crippen LogP contribution in [-0.4, -0.2) is 23.6 Å². The SMILES string of the molecule is O=C(NCc1ccccc1F)NC[C@H]1CCCS1. The fourth-order valence-corrected chi connectivity index (χ4v) is 3.09. The molecular formula is C13H17FN2OS. The highest BCUT2D eigenvalue weighted by Gasteiger charge is 2.16. The molecule has 3 nitrogen and oxygen atoms in total. The summed E-state index contributed by atoms with van der Waals surface area (Å²) in [6, 6.07) is 6.22. The van der Waals surface area contributed by atoms with Crippen LogP contribution in [0.4, 0.5) is 9.18 Å². The number of hydrogen-bond acceptors (Lipinski definition) is 2. The van der Waals surface area contributed by atoms with E-state index in [4.69, 9.17) is 0 Å². The van der Waals surface area contributed by atoms with Gasteiger partial charge in [-0.05, 0) is 24.7 Å². The molecule has 2 amide bonds. The first-order chi connectivity index (χ1) is 8.75. The average Bonchev–Trinajstić information content (AvgIpc) is 2.88. The van der Waals surface area contributed by atoms with Gasteiger partial charge in [0.15, 0.2) is 0 Å². The van der Waals surface area contributed by atoms with Crippen LogP contribution in [0, 0.1) is 5.82 Å². The number of rotatable bonds is 4. The summed E-state index contributed by atoms with van der Waals surface area (Å²) in [7, 11) is 0. The summed E-state index contributed by atoms with van der Waals surface area (Å²) in [5.41, 5.74) is 0.503. The van der Waals surface area contributed by atoms with Gasteiger partial charge in [0.25, 0.3) is 0 Å². The molecule has 18 heavy (non-hydrogen) atoms. The lowest BCUT2D eigenvalue weighted by molar-refractivity contribution is 0.240. The van der Waals surface area contributed by atoms with Gasteiger partial charge in [-0.25, -0.2) is 9.18 Å². The quantitative estimate of drug-likeness (QED) is 0.881. The Kier molecular flexibility index (Phi) is 4.87. The molecule has 0 aliphatic carbocycles. The summed E-state index contributed by atoms with van der Waals surface area (Å²) >= 11 is 1.90. The lowest BCUT2D eigenvalue weighted by atomic mass is 10.2. The van der Waals surface area contributed by atoms with Gasteiger partial charge in [0.05, 0.1) is 0 Å². The molecule has 0 bridgehead atoms. The molecule has 0 radical (unpaired) electrons. The Bertz CT molecular complexity index is 408. The summed E-state index contributed by atoms with van der Waals surface area (Å²) in [5, 5.41) is 6.02. The van der Waals surface area contributed by atoms with E-state index < -0.39 is 0 Å². The standard InChI is InChI=1S/C13H17FN2OS/c14-12-6-2-1-4-10(12)8-15-13(17)16-9-11-5-3-7-18-11/h1-2,4,6,11H,3,5,7-9H2,(H2,15,16,17)/t11-/m1/s1. The van der Waals surface area contributed by atoms with Crippen molar-refractivity contribution in [2.24, 2.45) is 0 Å². The van der Waals surface area contributed by atoms with E-state index in [0.717, 1.165) is 6.42 Å². The number of carbonyl (C=O) groups excluding carboxylic acids is 1. The first-order valence-corrected chi connectivity index (χ1v) is 7.17. The van der Waals surface area contributed by atoms with Crippen LogP contribution in [0.25, 0.3) is 0 Å². The molecule has 1 aliphatic rings. The predicted molar refractivity (Wildman–Crippen MR) is 72.1 cm³/mol. The molecule has 1 atom stereocenters. The zero-order valence-electron chi connectivity index (χ0n) is 10.1. The van der Waals surface area contributed by atoms with Crippen molar-refractivity contribution in [3.63, 3.8) is 0 Å². The van der Waals surface area contributed by atoms with E-state index in [1.54, 1.807) is 18.2 Å². The Balaban J connectivity index is 1.69. The van der Waals surface area contributed by atoms with Crippen LogP contribution in [0.1, 0.15) is 18.4 Å². The molecule has 1 aromatic rings. The molecular weight excluding hydrogens is 251 g/mol. The number of amides is 2. The number of benzene rings is 1. The van der Waals surface area contributed by atoms with Crippen LogP contribution in [0.3, 0.4) is 0 Å². The lowest BCUT2D eigenvalue weighted by Crippen LogP contribution is -2.38. The van der Waals surface area contributed by atoms with Gasteiger partial charge < -0.3 is 10.6 Å². The molecule has 1 aromatic carbocycles. The molecule has 98 valence electrons. The van der Waals surface area contributed by atoms with Gasteiger partial charge in [0, 0.05) is 23.9 Å². The second kappa shape index (κ2) is 6.64. The van der Waals surface area contributed by atoms with Crippen LogP contribution in [-0.2, 0) is 6.54 Å². The van der Waals surface area contributed by atoms with Gasteiger partial charge >= 0.3 is 6.03 Å². The monoisotopic (exact) mass is 268 g/mol. The molecule has 1 saturated heterocycles. The molecule has 0 unspecified atom stereocenters. The molecule has 0 aromatic heterocycles. The number of hydrogen-bond donors (Lipinski definition) is 2. The minimum atomic E-state index is -0.288. The number of halogens is 1. The Labute approximate surface area is 111 Å². The number of carbonyl (C=O) groups is 1. The Morgan fingerprint density at radius 2 is 2.22 bits per heavy atom. The highest BCUT2D eigenvalue weighted by molar-refractivity contribution is 8.00. The van der Waals surface area contributed by atoms with Crippen molar-refractivity contribution in [2.45, 2.75) is 24.6 Å². The van der Waals surface area contributed by atoms with E-state index in [2.05, 4.69) is 10.6 Å². The smallest absolute Gasteiger partial charge is 0.315 e. The van der Waals surface area contributed by atoms with Gasteiger partial charge in [0.2, 0.25) is 0 Å². The maximum absolute atomic E-state index is 13.3. The van der Waals surface area contributed by atoms with E-state index in [9.17, 15) is 9.18 Å². The minimum Gasteiger partial charge on any atom is -0.337 e. The topological polar surface area (TPSA) is 41.1 Å². The van der Waals surface area contributed by atoms with Crippen molar-refractivity contribution in [3.05, 3.63) is 35.6 Å². The fourth-order valence-electron chi connectivity index (χ4n) is 1.89. The third kappa shape index (κ3) is 3.91. The molecule has 1 aliphatic heterocycles. The van der Waals surface area contributed by atoms with Crippen molar-refractivity contribution >= 4 is 17.8 Å². The van der Waals surface area contributed by atoms with E-state index in [1.807, 2.05) is 11.8 Å². The Morgan fingerprint density at radius 1 is 1.39 bits per heavy atom. The predicted octanol–water partition coefficient (Wildman–Crippen LogP) is 2.52. The van der Waals surface area contributed by atoms with E-state index in [-0.39, 0.29) is 18.4 Å². The van der Waals surface area contributed by atoms with Gasteiger partial charge in [0.1, 0.15) is 5.82 Å². The highest BCUT2D eigenvalue weighted by Crippen LogP contribution is 2.25. The van der Waals surface area contributed by atoms with Crippen molar-refractivity contribution in [1.82, 2.24) is 10.6 Å². The van der Waals surface area contributed by atoms with Crippen LogP contribution in [0.15, 0.2) is 24.3 Å². The van der Waals surface area contributed by atoms with Crippen molar-refractivity contribution in [2.75, 3.05) is 12.3 Å². The summed E-state index contributed by atoms with van der Waals surface area (Å²) in [5.74, 6) is 0.896. The molecule has 2 N–H and O–H groups in total. The van der Waals surface area contributed by atoms with Crippen molar-refractivity contribution in [3.8, 4) is 0 Å². The Morgan fingerprint density at radius 3 is 2.94 bits per heavy atom. The van der Waals surface area contributed by atoms with Crippen LogP contribution < -0.4 is 10.6 Å².